The summed E-state index contributed by atoms with van der Waals surface area (Å²) in [5.41, 5.74) is 0.814. The highest BCUT2D eigenvalue weighted by molar-refractivity contribution is 9.10. The number of hydrogen-bond donors (Lipinski definition) is 1. The van der Waals surface area contributed by atoms with Crippen LogP contribution >= 0.6 is 15.9 Å². The van der Waals surface area contributed by atoms with E-state index in [1.54, 1.807) is 11.2 Å². The van der Waals surface area contributed by atoms with Crippen molar-refractivity contribution >= 4 is 33.4 Å². The molecule has 0 aliphatic carbocycles. The number of hydrogen-bond acceptors (Lipinski definition) is 3. The van der Waals surface area contributed by atoms with E-state index in [9.17, 15) is 9.59 Å². The van der Waals surface area contributed by atoms with Gasteiger partial charge in [-0.1, -0.05) is 12.1 Å². The molecular weight excluding hydrogens is 384 g/mol. The van der Waals surface area contributed by atoms with Crippen LogP contribution in [0.5, 0.6) is 0 Å². The molecule has 3 rings (SSSR count). The van der Waals surface area contributed by atoms with E-state index in [-0.39, 0.29) is 30.2 Å². The first-order chi connectivity index (χ1) is 12.0. The monoisotopic (exact) mass is 404 g/mol. The zero-order valence-electron chi connectivity index (χ0n) is 14.1. The molecule has 2 aromatic rings. The molecule has 1 saturated heterocycles. The van der Waals surface area contributed by atoms with Crippen LogP contribution in [0.2, 0.25) is 0 Å². The lowest BCUT2D eigenvalue weighted by atomic mass is 10.1. The first kappa shape index (κ1) is 17.7. The third kappa shape index (κ3) is 4.31. The summed E-state index contributed by atoms with van der Waals surface area (Å²) in [6, 6.07) is 11.4. The number of carbonyl (C=O) groups is 2. The van der Waals surface area contributed by atoms with Gasteiger partial charge in [0.05, 0.1) is 17.9 Å². The average Bonchev–Trinajstić information content (AvgIpc) is 3.23. The van der Waals surface area contributed by atoms with Gasteiger partial charge in [0, 0.05) is 29.9 Å². The predicted octanol–water partition coefficient (Wildman–Crippen LogP) is 3.53. The van der Waals surface area contributed by atoms with Crippen molar-refractivity contribution in [2.75, 3.05) is 11.4 Å². The number of halogens is 1. The van der Waals surface area contributed by atoms with E-state index in [0.29, 0.717) is 6.54 Å². The number of aryl methyl sites for hydroxylation is 1. The lowest BCUT2D eigenvalue weighted by Gasteiger charge is -2.19. The molecule has 2 atom stereocenters. The molecule has 0 bridgehead atoms. The molecule has 1 aliphatic rings. The Balaban J connectivity index is 1.54. The number of anilines is 1. The summed E-state index contributed by atoms with van der Waals surface area (Å²) in [6.45, 7) is 2.39. The Labute approximate surface area is 155 Å². The fraction of sp³-hybridized carbons (Fsp3) is 0.368. The highest BCUT2D eigenvalue weighted by Crippen LogP contribution is 2.31. The summed E-state index contributed by atoms with van der Waals surface area (Å²) in [6.07, 6.45) is 3.48. The Morgan fingerprint density at radius 1 is 1.36 bits per heavy atom. The number of rotatable bonds is 6. The maximum atomic E-state index is 12.5. The molecule has 1 fully saturated rings. The van der Waals surface area contributed by atoms with Gasteiger partial charge in [0.25, 0.3) is 0 Å². The van der Waals surface area contributed by atoms with Crippen molar-refractivity contribution in [3.63, 3.8) is 0 Å². The molecule has 1 aromatic heterocycles. The molecule has 132 valence electrons. The largest absolute Gasteiger partial charge is 0.469 e. The fourth-order valence-electron chi connectivity index (χ4n) is 3.03. The van der Waals surface area contributed by atoms with Crippen LogP contribution in [0.25, 0.3) is 0 Å². The quantitative estimate of drug-likeness (QED) is 0.800. The Morgan fingerprint density at radius 3 is 2.88 bits per heavy atom. The minimum atomic E-state index is -0.314. The zero-order valence-corrected chi connectivity index (χ0v) is 15.7. The van der Waals surface area contributed by atoms with Gasteiger partial charge in [-0.05, 0) is 53.5 Å². The van der Waals surface area contributed by atoms with E-state index < -0.39 is 0 Å². The highest BCUT2D eigenvalue weighted by Gasteiger charge is 2.36. The summed E-state index contributed by atoms with van der Waals surface area (Å²) in [4.78, 5) is 26.5. The summed E-state index contributed by atoms with van der Waals surface area (Å²) in [7, 11) is 0. The third-order valence-corrected chi connectivity index (χ3v) is 5.10. The van der Waals surface area contributed by atoms with Crippen LogP contribution in [0.4, 0.5) is 5.69 Å². The molecule has 0 saturated carbocycles. The molecule has 0 radical (unpaired) electrons. The van der Waals surface area contributed by atoms with E-state index >= 15 is 0 Å². The first-order valence-corrected chi connectivity index (χ1v) is 9.21. The highest BCUT2D eigenvalue weighted by atomic mass is 79.9. The van der Waals surface area contributed by atoms with Gasteiger partial charge in [-0.25, -0.2) is 0 Å². The Hall–Kier alpha value is -2.08. The Bertz CT molecular complexity index is 745. The van der Waals surface area contributed by atoms with E-state index in [1.807, 2.05) is 43.3 Å². The van der Waals surface area contributed by atoms with Crippen molar-refractivity contribution in [2.45, 2.75) is 32.2 Å². The topological polar surface area (TPSA) is 62.6 Å². The number of nitrogens with one attached hydrogen (secondary N) is 1. The standard InChI is InChI=1S/C19H21BrN2O3/c1-13(8-9-15-5-4-10-25-15)21-19(24)14-11-18(23)22(12-14)17-7-3-2-6-16(17)20/h2-7,10,13-14H,8-9,11-12H2,1H3,(H,21,24)/t13-,14+/m0/s1. The van der Waals surface area contributed by atoms with Gasteiger partial charge in [0.2, 0.25) is 11.8 Å². The fourth-order valence-corrected chi connectivity index (χ4v) is 3.53. The number of amides is 2. The molecule has 2 amide bonds. The summed E-state index contributed by atoms with van der Waals surface area (Å²) in [5.74, 6) is 0.521. The van der Waals surface area contributed by atoms with Crippen LogP contribution < -0.4 is 10.2 Å². The SMILES string of the molecule is C[C@@H](CCc1ccco1)NC(=O)[C@@H]1CC(=O)N(c2ccccc2Br)C1. The van der Waals surface area contributed by atoms with Crippen molar-refractivity contribution < 1.29 is 14.0 Å². The molecule has 0 spiro atoms. The molecule has 2 heterocycles. The number of benzene rings is 1. The second-order valence-corrected chi connectivity index (χ2v) is 7.24. The van der Waals surface area contributed by atoms with Crippen LogP contribution in [0, 0.1) is 5.92 Å². The number of carbonyl (C=O) groups excluding carboxylic acids is 2. The van der Waals surface area contributed by atoms with Crippen molar-refractivity contribution in [3.05, 3.63) is 52.9 Å². The second-order valence-electron chi connectivity index (χ2n) is 6.38. The molecule has 6 heteroatoms. The second kappa shape index (κ2) is 7.87. The van der Waals surface area contributed by atoms with Gasteiger partial charge in [-0.3, -0.25) is 9.59 Å². The van der Waals surface area contributed by atoms with Gasteiger partial charge in [-0.15, -0.1) is 0 Å². The first-order valence-electron chi connectivity index (χ1n) is 8.42. The Kier molecular flexibility index (Phi) is 5.58. The predicted molar refractivity (Wildman–Crippen MR) is 99.2 cm³/mol. The van der Waals surface area contributed by atoms with E-state index in [2.05, 4.69) is 21.2 Å². The van der Waals surface area contributed by atoms with Crippen molar-refractivity contribution in [1.29, 1.82) is 0 Å². The number of furan rings is 1. The van der Waals surface area contributed by atoms with Gasteiger partial charge in [0.1, 0.15) is 5.76 Å². The maximum absolute atomic E-state index is 12.5. The molecule has 1 aromatic carbocycles. The summed E-state index contributed by atoms with van der Waals surface area (Å²) >= 11 is 3.47. The van der Waals surface area contributed by atoms with E-state index in [4.69, 9.17) is 4.42 Å². The zero-order chi connectivity index (χ0) is 17.8. The molecule has 0 unspecified atom stereocenters. The normalized spacial score (nSPS) is 18.4. The smallest absolute Gasteiger partial charge is 0.227 e. The Morgan fingerprint density at radius 2 is 2.16 bits per heavy atom. The van der Waals surface area contributed by atoms with Crippen LogP contribution in [0.15, 0.2) is 51.6 Å². The molecular formula is C19H21BrN2O3. The molecule has 25 heavy (non-hydrogen) atoms. The summed E-state index contributed by atoms with van der Waals surface area (Å²) in [5, 5.41) is 3.02. The maximum Gasteiger partial charge on any atom is 0.227 e. The summed E-state index contributed by atoms with van der Waals surface area (Å²) < 4.78 is 6.17. The lowest BCUT2D eigenvalue weighted by molar-refractivity contribution is -0.126. The van der Waals surface area contributed by atoms with Crippen LogP contribution in [-0.2, 0) is 16.0 Å². The molecule has 1 N–H and O–H groups in total. The number of nitrogens with zero attached hydrogens (tertiary/aromatic N) is 1. The average molecular weight is 405 g/mol. The van der Waals surface area contributed by atoms with Gasteiger partial charge in [0.15, 0.2) is 0 Å². The van der Waals surface area contributed by atoms with Crippen LogP contribution in [0.3, 0.4) is 0 Å². The molecule has 1 aliphatic heterocycles. The minimum Gasteiger partial charge on any atom is -0.469 e. The van der Waals surface area contributed by atoms with Gasteiger partial charge < -0.3 is 14.6 Å². The van der Waals surface area contributed by atoms with Gasteiger partial charge in [-0.2, -0.15) is 0 Å². The van der Waals surface area contributed by atoms with E-state index in [0.717, 1.165) is 28.8 Å². The lowest BCUT2D eigenvalue weighted by Crippen LogP contribution is -2.38. The van der Waals surface area contributed by atoms with E-state index in [1.165, 1.54) is 0 Å². The van der Waals surface area contributed by atoms with Crippen molar-refractivity contribution in [1.82, 2.24) is 5.32 Å². The number of para-hydroxylation sites is 1. The minimum absolute atomic E-state index is 0.0183. The van der Waals surface area contributed by atoms with Crippen molar-refractivity contribution in [3.8, 4) is 0 Å². The van der Waals surface area contributed by atoms with Gasteiger partial charge >= 0.3 is 0 Å². The van der Waals surface area contributed by atoms with Crippen molar-refractivity contribution in [2.24, 2.45) is 5.92 Å². The van der Waals surface area contributed by atoms with Crippen LogP contribution in [-0.4, -0.2) is 24.4 Å². The molecule has 5 nitrogen and oxygen atoms in total. The van der Waals surface area contributed by atoms with Crippen LogP contribution in [0.1, 0.15) is 25.5 Å². The third-order valence-electron chi connectivity index (χ3n) is 4.43.